The van der Waals surface area contributed by atoms with Crippen molar-refractivity contribution < 1.29 is 17.6 Å². The van der Waals surface area contributed by atoms with Gasteiger partial charge in [0.15, 0.2) is 0 Å². The number of carbonyl (C=O) groups is 1. The van der Waals surface area contributed by atoms with E-state index in [1.54, 1.807) is 61.5 Å². The number of amides is 1. The number of hydrogen-bond donors (Lipinski definition) is 1. The first kappa shape index (κ1) is 20.8. The van der Waals surface area contributed by atoms with E-state index >= 15 is 0 Å². The third-order valence-corrected chi connectivity index (χ3v) is 6.35. The third kappa shape index (κ3) is 4.58. The molecule has 3 rings (SSSR count). The molecule has 0 atom stereocenters. The van der Waals surface area contributed by atoms with Crippen LogP contribution in [0.2, 0.25) is 5.02 Å². The van der Waals surface area contributed by atoms with E-state index in [0.717, 1.165) is 18.2 Å². The zero-order valence-corrected chi connectivity index (χ0v) is 17.0. The molecule has 0 saturated carbocycles. The molecule has 3 aromatic carbocycles. The van der Waals surface area contributed by atoms with Gasteiger partial charge in [-0.1, -0.05) is 29.8 Å². The number of nitrogens with one attached hydrogen (secondary N) is 1. The lowest BCUT2D eigenvalue weighted by atomic mass is 10.2. The lowest BCUT2D eigenvalue weighted by Crippen LogP contribution is -2.31. The SMILES string of the molecule is CCN(c1ccccc1)S(=O)(=O)c1ccc(F)c(C(=O)Nc2ccc(Cl)cc2)c1. The van der Waals surface area contributed by atoms with Crippen LogP contribution in [0.3, 0.4) is 0 Å². The Labute approximate surface area is 173 Å². The summed E-state index contributed by atoms with van der Waals surface area (Å²) in [6, 6.07) is 18.0. The molecule has 5 nitrogen and oxygen atoms in total. The zero-order chi connectivity index (χ0) is 21.0. The fourth-order valence-electron chi connectivity index (χ4n) is 2.78. The zero-order valence-electron chi connectivity index (χ0n) is 15.5. The molecule has 0 radical (unpaired) electrons. The highest BCUT2D eigenvalue weighted by Gasteiger charge is 2.25. The van der Waals surface area contributed by atoms with Gasteiger partial charge < -0.3 is 5.32 Å². The summed E-state index contributed by atoms with van der Waals surface area (Å²) >= 11 is 5.81. The minimum Gasteiger partial charge on any atom is -0.322 e. The van der Waals surface area contributed by atoms with Crippen LogP contribution in [0.25, 0.3) is 0 Å². The summed E-state index contributed by atoms with van der Waals surface area (Å²) in [4.78, 5) is 12.3. The number of halogens is 2. The Kier molecular flexibility index (Phi) is 6.20. The Morgan fingerprint density at radius 2 is 1.69 bits per heavy atom. The van der Waals surface area contributed by atoms with Crippen molar-refractivity contribution >= 4 is 38.9 Å². The van der Waals surface area contributed by atoms with Gasteiger partial charge in [0.05, 0.1) is 16.1 Å². The summed E-state index contributed by atoms with van der Waals surface area (Å²) in [5, 5.41) is 3.02. The summed E-state index contributed by atoms with van der Waals surface area (Å²) in [5.41, 5.74) is 0.517. The molecule has 0 aliphatic carbocycles. The quantitative estimate of drug-likeness (QED) is 0.599. The molecule has 1 amide bonds. The number of rotatable bonds is 6. The standard InChI is InChI=1S/C21H18ClFN2O3S/c1-2-25(17-6-4-3-5-7-17)29(27,28)18-12-13-20(23)19(14-18)21(26)24-16-10-8-15(22)9-11-16/h3-14H,2H2,1H3,(H,24,26). The predicted molar refractivity (Wildman–Crippen MR) is 112 cm³/mol. The van der Waals surface area contributed by atoms with Crippen LogP contribution in [0.4, 0.5) is 15.8 Å². The molecule has 0 aliphatic rings. The van der Waals surface area contributed by atoms with Crippen molar-refractivity contribution in [3.8, 4) is 0 Å². The van der Waals surface area contributed by atoms with E-state index in [2.05, 4.69) is 5.32 Å². The molecule has 8 heteroatoms. The van der Waals surface area contributed by atoms with Gasteiger partial charge in [-0.15, -0.1) is 0 Å². The molecule has 0 bridgehead atoms. The van der Waals surface area contributed by atoms with Crippen LogP contribution in [0.5, 0.6) is 0 Å². The molecule has 1 N–H and O–H groups in total. The van der Waals surface area contributed by atoms with Crippen LogP contribution in [-0.4, -0.2) is 20.9 Å². The Bertz CT molecular complexity index is 1120. The topological polar surface area (TPSA) is 66.5 Å². The van der Waals surface area contributed by atoms with Gasteiger partial charge in [0.25, 0.3) is 15.9 Å². The second kappa shape index (κ2) is 8.63. The van der Waals surface area contributed by atoms with Crippen molar-refractivity contribution in [2.24, 2.45) is 0 Å². The highest BCUT2D eigenvalue weighted by atomic mass is 35.5. The molecule has 0 spiro atoms. The number of sulfonamides is 1. The first-order valence-corrected chi connectivity index (χ1v) is 10.6. The van der Waals surface area contributed by atoms with Crippen LogP contribution in [0.1, 0.15) is 17.3 Å². The molecule has 0 aromatic heterocycles. The average Bonchev–Trinajstić information content (AvgIpc) is 2.71. The predicted octanol–water partition coefficient (Wildman–Crippen LogP) is 4.95. The van der Waals surface area contributed by atoms with Crippen molar-refractivity contribution in [2.45, 2.75) is 11.8 Å². The minimum atomic E-state index is -3.99. The summed E-state index contributed by atoms with van der Waals surface area (Å²) in [7, 11) is -3.99. The first-order chi connectivity index (χ1) is 13.8. The second-order valence-electron chi connectivity index (χ2n) is 6.11. The van der Waals surface area contributed by atoms with Crippen LogP contribution in [0.15, 0.2) is 77.7 Å². The van der Waals surface area contributed by atoms with Gasteiger partial charge in [-0.2, -0.15) is 0 Å². The molecule has 0 saturated heterocycles. The number of nitrogens with zero attached hydrogens (tertiary/aromatic N) is 1. The van der Waals surface area contributed by atoms with Gasteiger partial charge in [0.1, 0.15) is 5.82 Å². The minimum absolute atomic E-state index is 0.175. The van der Waals surface area contributed by atoms with E-state index in [-0.39, 0.29) is 17.0 Å². The van der Waals surface area contributed by atoms with Crippen molar-refractivity contribution in [2.75, 3.05) is 16.2 Å². The van der Waals surface area contributed by atoms with E-state index in [4.69, 9.17) is 11.6 Å². The van der Waals surface area contributed by atoms with Crippen molar-refractivity contribution in [3.05, 3.63) is 89.2 Å². The summed E-state index contributed by atoms with van der Waals surface area (Å²) in [6.07, 6.45) is 0. The average molecular weight is 433 g/mol. The fourth-order valence-corrected chi connectivity index (χ4v) is 4.41. The highest BCUT2D eigenvalue weighted by molar-refractivity contribution is 7.92. The van der Waals surface area contributed by atoms with Gasteiger partial charge in [-0.3, -0.25) is 9.10 Å². The van der Waals surface area contributed by atoms with Crippen molar-refractivity contribution in [1.29, 1.82) is 0 Å². The van der Waals surface area contributed by atoms with Gasteiger partial charge in [0, 0.05) is 17.3 Å². The molecule has 0 heterocycles. The molecular weight excluding hydrogens is 415 g/mol. The van der Waals surface area contributed by atoms with E-state index in [1.807, 2.05) is 0 Å². The summed E-state index contributed by atoms with van der Waals surface area (Å²) in [6.45, 7) is 1.87. The highest BCUT2D eigenvalue weighted by Crippen LogP contribution is 2.25. The molecule has 150 valence electrons. The number of hydrogen-bond acceptors (Lipinski definition) is 3. The molecule has 0 fully saturated rings. The Morgan fingerprint density at radius 1 is 1.03 bits per heavy atom. The Balaban J connectivity index is 1.95. The lowest BCUT2D eigenvalue weighted by Gasteiger charge is -2.23. The van der Waals surface area contributed by atoms with Crippen LogP contribution < -0.4 is 9.62 Å². The maximum Gasteiger partial charge on any atom is 0.264 e. The van der Waals surface area contributed by atoms with Crippen LogP contribution in [-0.2, 0) is 10.0 Å². The molecule has 29 heavy (non-hydrogen) atoms. The first-order valence-electron chi connectivity index (χ1n) is 8.77. The summed E-state index contributed by atoms with van der Waals surface area (Å²) in [5.74, 6) is -1.58. The van der Waals surface area contributed by atoms with Crippen molar-refractivity contribution in [1.82, 2.24) is 0 Å². The van der Waals surface area contributed by atoms with Crippen LogP contribution >= 0.6 is 11.6 Å². The lowest BCUT2D eigenvalue weighted by molar-refractivity contribution is 0.102. The molecular formula is C21H18ClFN2O3S. The van der Waals surface area contributed by atoms with Gasteiger partial charge in [-0.05, 0) is 61.5 Å². The maximum absolute atomic E-state index is 14.3. The third-order valence-electron chi connectivity index (χ3n) is 4.20. The van der Waals surface area contributed by atoms with Gasteiger partial charge in [-0.25, -0.2) is 12.8 Å². The largest absolute Gasteiger partial charge is 0.322 e. The number of anilines is 2. The normalized spacial score (nSPS) is 11.1. The van der Waals surface area contributed by atoms with Gasteiger partial charge >= 0.3 is 0 Å². The smallest absolute Gasteiger partial charge is 0.264 e. The summed E-state index contributed by atoms with van der Waals surface area (Å²) < 4.78 is 41.7. The Morgan fingerprint density at radius 3 is 2.31 bits per heavy atom. The van der Waals surface area contributed by atoms with Crippen molar-refractivity contribution in [3.63, 3.8) is 0 Å². The number of benzene rings is 3. The molecule has 0 aliphatic heterocycles. The van der Waals surface area contributed by atoms with E-state index < -0.39 is 21.7 Å². The van der Waals surface area contributed by atoms with Crippen LogP contribution in [0, 0.1) is 5.82 Å². The van der Waals surface area contributed by atoms with Gasteiger partial charge in [0.2, 0.25) is 0 Å². The number of para-hydroxylation sites is 1. The fraction of sp³-hybridized carbons (Fsp3) is 0.0952. The molecule has 3 aromatic rings. The van der Waals surface area contributed by atoms with E-state index in [1.165, 1.54) is 4.31 Å². The number of carbonyl (C=O) groups excluding carboxylic acids is 1. The monoisotopic (exact) mass is 432 g/mol. The second-order valence-corrected chi connectivity index (χ2v) is 8.41. The maximum atomic E-state index is 14.3. The Hall–Kier alpha value is -2.90. The van der Waals surface area contributed by atoms with E-state index in [0.29, 0.717) is 16.4 Å². The molecule has 0 unspecified atom stereocenters. The van der Waals surface area contributed by atoms with E-state index in [9.17, 15) is 17.6 Å².